The molecular formula is C69H102N11O17P. The second-order valence-corrected chi connectivity index (χ2v) is 27.4. The lowest BCUT2D eigenvalue weighted by Gasteiger charge is -2.41. The zero-order chi connectivity index (χ0) is 73.1. The van der Waals surface area contributed by atoms with E-state index in [1.165, 1.54) is 50.4 Å². The van der Waals surface area contributed by atoms with E-state index in [1.807, 2.05) is 25.6 Å². The number of hydrogen-bond acceptors (Lipinski definition) is 16. The molecule has 11 N–H and O–H groups in total. The van der Waals surface area contributed by atoms with E-state index in [1.54, 1.807) is 109 Å². The van der Waals surface area contributed by atoms with Crippen LogP contribution in [0.4, 0.5) is 21.0 Å². The molecule has 3 aromatic carbocycles. The predicted octanol–water partition coefficient (Wildman–Crippen LogP) is 5.68. The number of nitrogens with one attached hydrogen (secondary N) is 7. The van der Waals surface area contributed by atoms with Crippen molar-refractivity contribution in [1.82, 2.24) is 41.3 Å². The Morgan fingerprint density at radius 1 is 0.745 bits per heavy atom. The molecule has 0 radical (unpaired) electrons. The van der Waals surface area contributed by atoms with E-state index in [4.69, 9.17) is 36.0 Å². The summed E-state index contributed by atoms with van der Waals surface area (Å²) in [5.41, 5.74) is 9.23. The van der Waals surface area contributed by atoms with E-state index in [9.17, 15) is 57.6 Å². The van der Waals surface area contributed by atoms with E-state index in [-0.39, 0.29) is 68.5 Å². The molecule has 1 unspecified atom stereocenters. The Balaban J connectivity index is 1.41. The van der Waals surface area contributed by atoms with Gasteiger partial charge in [-0.1, -0.05) is 111 Å². The first kappa shape index (κ1) is 81.8. The Labute approximate surface area is 575 Å². The highest BCUT2D eigenvalue weighted by molar-refractivity contribution is 7.65. The Hall–Kier alpha value is -8.61. The quantitative estimate of drug-likeness (QED) is 0.0186. The summed E-state index contributed by atoms with van der Waals surface area (Å²) in [5, 5.41) is 37.9. The third-order valence-electron chi connectivity index (χ3n) is 17.4. The number of anilines is 2. The lowest BCUT2D eigenvalue weighted by molar-refractivity contribution is -0.148. The summed E-state index contributed by atoms with van der Waals surface area (Å²) in [7, 11) is 2.16. The number of aliphatic carboxylic acids is 1. The number of aliphatic hydroxyl groups excluding tert-OH is 1. The Kier molecular flexibility index (Phi) is 33.1. The van der Waals surface area contributed by atoms with Crippen molar-refractivity contribution in [2.75, 3.05) is 65.0 Å². The molecule has 0 aliphatic carbocycles. The number of amides is 10. The maximum atomic E-state index is 14.8. The zero-order valence-electron chi connectivity index (χ0n) is 58.5. The van der Waals surface area contributed by atoms with Crippen molar-refractivity contribution in [3.8, 4) is 12.1 Å². The van der Waals surface area contributed by atoms with Crippen molar-refractivity contribution in [2.45, 2.75) is 168 Å². The van der Waals surface area contributed by atoms with Crippen molar-refractivity contribution in [3.63, 3.8) is 0 Å². The molecule has 0 saturated carbocycles. The molecule has 28 nitrogen and oxygen atoms in total. The van der Waals surface area contributed by atoms with Gasteiger partial charge in [-0.05, 0) is 96.9 Å². The van der Waals surface area contributed by atoms with Gasteiger partial charge in [-0.25, -0.2) is 14.4 Å². The molecule has 98 heavy (non-hydrogen) atoms. The summed E-state index contributed by atoms with van der Waals surface area (Å²) >= 11 is 0. The van der Waals surface area contributed by atoms with Gasteiger partial charge in [-0.2, -0.15) is 0 Å². The van der Waals surface area contributed by atoms with Crippen LogP contribution >= 0.6 is 7.52 Å². The fraction of sp³-hybridized carbons (Fsp3) is 0.565. The van der Waals surface area contributed by atoms with Gasteiger partial charge in [0.2, 0.25) is 35.4 Å². The maximum absolute atomic E-state index is 14.8. The number of carbonyl (C=O) groups excluding carboxylic acids is 9. The normalized spacial score (nSPS) is 16.6. The molecule has 1 heterocycles. The number of hydrogen-bond donors (Lipinski definition) is 10. The minimum Gasteiger partial charge on any atom is -0.480 e. The van der Waals surface area contributed by atoms with E-state index in [2.05, 4.69) is 37.0 Å². The van der Waals surface area contributed by atoms with Crippen LogP contribution in [0, 0.1) is 41.7 Å². The standard InChI is InChI=1S/C69H102N11O17P/c1-15-44(9)59(54(94-13)39-55(82)80-35-21-25-53(80)60(95-14)45(10)61(83)74-52(67(89)90)38-46-22-18-17-19-23-46)78(11)66(88)57(42(5)6)76-65(87)58(43(7)8)79(12)69(92)96-40-47-26-30-49(31-27-47)72-63(85)51(24-20-34-71-68(70)91)73-64(86)56(41(3)4)75-62(84)48-28-32-50(33-29-48)77-98(93,16-2)97-37-36-81/h2,17-19,22-23,26-33,41-45,51-54,56-60,81H,15,20-21,24-25,34-40H2,1,3-14H3,(H,72,85)(H,73,86)(H,74,83)(H,75,84)(H,76,87)(H,77,93)(H,89,90)(H3,70,71,91)/t44-,45-,51+,52+,53+,54-,56+,57+,58+,59+,60-,98?/m0/s1. The topological polar surface area (TPSA) is 385 Å². The number of nitrogens with zero attached hydrogens (tertiary/aromatic N) is 3. The van der Waals surface area contributed by atoms with Gasteiger partial charge in [0, 0.05) is 70.4 Å². The molecular weight excluding hydrogens is 1290 g/mol. The van der Waals surface area contributed by atoms with Gasteiger partial charge in [0.15, 0.2) is 0 Å². The van der Waals surface area contributed by atoms with E-state index >= 15 is 0 Å². The highest BCUT2D eigenvalue weighted by Crippen LogP contribution is 2.45. The number of primary amides is 1. The van der Waals surface area contributed by atoms with Crippen molar-refractivity contribution in [2.24, 2.45) is 35.3 Å². The summed E-state index contributed by atoms with van der Waals surface area (Å²) < 4.78 is 35.5. The SMILES string of the molecule is C#CP(=O)(Nc1ccc(C(=O)N[C@@H](C(=O)N[C@H](CCCNC(N)=O)C(=O)Nc2ccc(COC(=O)N(C)[C@@H](C(=O)N[C@@H](C(=O)N(C)[C@@H]([C@H](CC(=O)N3CCC[C@@H]3[C@@H](OC)[C@H](C)C(=O)N[C@H](Cc3ccccc3)C(=O)O)OC)[C@@H](C)CC)C(C)C)C(C)C)cc2)C(C)C)cc1)OCCO. The number of urea groups is 1. The molecule has 0 bridgehead atoms. The molecule has 1 fully saturated rings. The van der Waals surface area contributed by atoms with Gasteiger partial charge >= 0.3 is 25.6 Å². The Bertz CT molecular complexity index is 3240. The molecule has 1 saturated heterocycles. The highest BCUT2D eigenvalue weighted by atomic mass is 31.2. The molecule has 10 amide bonds. The number of nitrogens with two attached hydrogens (primary N) is 1. The lowest BCUT2D eigenvalue weighted by Crippen LogP contribution is -2.60. The van der Waals surface area contributed by atoms with Gasteiger partial charge in [-0.15, -0.1) is 6.42 Å². The minimum atomic E-state index is -3.79. The number of aliphatic hydroxyl groups is 1. The van der Waals surface area contributed by atoms with Crippen LogP contribution in [0.2, 0.25) is 0 Å². The number of methoxy groups -OCH3 is 2. The number of carbonyl (C=O) groups is 10. The average Bonchev–Trinajstić information content (AvgIpc) is 1.66. The largest absolute Gasteiger partial charge is 0.480 e. The zero-order valence-corrected chi connectivity index (χ0v) is 59.4. The first-order valence-electron chi connectivity index (χ1n) is 33.0. The van der Waals surface area contributed by atoms with E-state index in [0.29, 0.717) is 37.1 Å². The smallest absolute Gasteiger partial charge is 0.410 e. The molecule has 4 rings (SSSR count). The summed E-state index contributed by atoms with van der Waals surface area (Å²) in [6.45, 7) is 15.5. The third kappa shape index (κ3) is 24.1. The molecule has 12 atom stereocenters. The maximum Gasteiger partial charge on any atom is 0.410 e. The number of terminal acetylenes is 1. The number of ether oxygens (including phenoxy) is 3. The summed E-state index contributed by atoms with van der Waals surface area (Å²) in [4.78, 5) is 141. The molecule has 29 heteroatoms. The summed E-state index contributed by atoms with van der Waals surface area (Å²) in [6.07, 6.45) is 4.83. The number of benzene rings is 3. The van der Waals surface area contributed by atoms with E-state index < -0.39 is 146 Å². The van der Waals surface area contributed by atoms with Gasteiger partial charge in [0.05, 0.1) is 49.8 Å². The van der Waals surface area contributed by atoms with Crippen LogP contribution in [0.25, 0.3) is 0 Å². The second-order valence-electron chi connectivity index (χ2n) is 25.6. The first-order valence-corrected chi connectivity index (χ1v) is 34.6. The third-order valence-corrected chi connectivity index (χ3v) is 18.8. The van der Waals surface area contributed by atoms with E-state index in [0.717, 1.165) is 10.5 Å². The van der Waals surface area contributed by atoms with Crippen LogP contribution in [0.5, 0.6) is 0 Å². The number of carboxylic acids is 1. The Morgan fingerprint density at radius 2 is 1.37 bits per heavy atom. The van der Waals surface area contributed by atoms with Crippen LogP contribution in [-0.4, -0.2) is 193 Å². The summed E-state index contributed by atoms with van der Waals surface area (Å²) in [5.74, 6) is -7.48. The van der Waals surface area contributed by atoms with Crippen LogP contribution in [0.1, 0.15) is 122 Å². The fourth-order valence-corrected chi connectivity index (χ4v) is 12.8. The Morgan fingerprint density at radius 3 is 1.92 bits per heavy atom. The van der Waals surface area contributed by atoms with Crippen molar-refractivity contribution < 1.29 is 81.5 Å². The van der Waals surface area contributed by atoms with Crippen molar-refractivity contribution in [3.05, 3.63) is 95.6 Å². The molecule has 1 aliphatic heterocycles. The van der Waals surface area contributed by atoms with Gasteiger partial charge in [-0.3, -0.25) is 43.0 Å². The lowest BCUT2D eigenvalue weighted by atomic mass is 9.89. The molecule has 0 spiro atoms. The first-order chi connectivity index (χ1) is 46.3. The van der Waals surface area contributed by atoms with Crippen LogP contribution < -0.4 is 42.7 Å². The number of rotatable bonds is 39. The number of likely N-dealkylation sites (tertiary alicyclic amines) is 1. The summed E-state index contributed by atoms with van der Waals surface area (Å²) in [6, 6.07) is 13.2. The fourth-order valence-electron chi connectivity index (χ4n) is 11.8. The monoisotopic (exact) mass is 1390 g/mol. The number of carboxylic acid groups (broad SMARTS) is 1. The number of likely N-dealkylation sites (N-methyl/N-ethyl adjacent to an activating group) is 2. The molecule has 540 valence electrons. The molecule has 3 aromatic rings. The average molecular weight is 1390 g/mol. The van der Waals surface area contributed by atoms with Crippen molar-refractivity contribution >= 4 is 78.3 Å². The van der Waals surface area contributed by atoms with Crippen molar-refractivity contribution in [1.29, 1.82) is 0 Å². The minimum absolute atomic E-state index is 0.0373. The van der Waals surface area contributed by atoms with Crippen LogP contribution in [-0.2, 0) is 69.9 Å². The van der Waals surface area contributed by atoms with Crippen LogP contribution in [0.3, 0.4) is 0 Å². The highest BCUT2D eigenvalue weighted by Gasteiger charge is 2.44. The van der Waals surface area contributed by atoms with Gasteiger partial charge < -0.3 is 81.5 Å². The van der Waals surface area contributed by atoms with Gasteiger partial charge in [0.1, 0.15) is 36.8 Å². The van der Waals surface area contributed by atoms with Crippen LogP contribution in [0.15, 0.2) is 78.9 Å². The molecule has 0 aromatic heterocycles. The molecule has 1 aliphatic rings. The predicted molar refractivity (Wildman–Crippen MR) is 369 cm³/mol. The second kappa shape index (κ2) is 39.7. The van der Waals surface area contributed by atoms with Gasteiger partial charge in [0.25, 0.3) is 5.91 Å².